The predicted molar refractivity (Wildman–Crippen MR) is 126 cm³/mol. The summed E-state index contributed by atoms with van der Waals surface area (Å²) in [5.41, 5.74) is 4.19. The quantitative estimate of drug-likeness (QED) is 0.397. The first-order chi connectivity index (χ1) is 15.4. The lowest BCUT2D eigenvalue weighted by Gasteiger charge is -2.16. The standard InChI is InChI=1S/C26H28N2O4/c1-16(2)31-23-14-24-21(17(3)12-26(30)32-24)13-18(23)8-9-25(29)27-11-10-19-15-28-22-7-5-4-6-20(19)22/h4-7,12-16,28H,8-11H2,1-3H3,(H,27,29). The van der Waals surface area contributed by atoms with Gasteiger partial charge >= 0.3 is 5.63 Å². The smallest absolute Gasteiger partial charge is 0.336 e. The molecule has 0 aliphatic heterocycles. The molecule has 0 bridgehead atoms. The monoisotopic (exact) mass is 432 g/mol. The average Bonchev–Trinajstić information content (AvgIpc) is 3.15. The lowest BCUT2D eigenvalue weighted by atomic mass is 10.0. The first kappa shape index (κ1) is 21.7. The second kappa shape index (κ2) is 9.30. The van der Waals surface area contributed by atoms with E-state index in [2.05, 4.69) is 16.4 Å². The fourth-order valence-corrected chi connectivity index (χ4v) is 3.96. The van der Waals surface area contributed by atoms with Gasteiger partial charge < -0.3 is 19.5 Å². The van der Waals surface area contributed by atoms with Gasteiger partial charge in [0, 0.05) is 47.6 Å². The number of benzene rings is 2. The zero-order valence-electron chi connectivity index (χ0n) is 18.7. The highest BCUT2D eigenvalue weighted by molar-refractivity contribution is 5.84. The number of carbonyl (C=O) groups is 1. The number of rotatable bonds is 8. The van der Waals surface area contributed by atoms with Gasteiger partial charge in [0.2, 0.25) is 5.91 Å². The summed E-state index contributed by atoms with van der Waals surface area (Å²) < 4.78 is 11.3. The van der Waals surface area contributed by atoms with E-state index in [1.165, 1.54) is 17.0 Å². The number of hydrogen-bond donors (Lipinski definition) is 2. The van der Waals surface area contributed by atoms with Crippen LogP contribution >= 0.6 is 0 Å². The number of aromatic nitrogens is 1. The fraction of sp³-hybridized carbons (Fsp3) is 0.308. The summed E-state index contributed by atoms with van der Waals surface area (Å²) in [5.74, 6) is 0.643. The number of H-pyrrole nitrogens is 1. The molecule has 4 rings (SSSR count). The number of fused-ring (bicyclic) bond motifs is 2. The van der Waals surface area contributed by atoms with Crippen molar-refractivity contribution in [3.05, 3.63) is 75.8 Å². The molecule has 4 aromatic rings. The van der Waals surface area contributed by atoms with E-state index >= 15 is 0 Å². The van der Waals surface area contributed by atoms with Crippen LogP contribution in [0, 0.1) is 6.92 Å². The molecule has 2 aromatic heterocycles. The van der Waals surface area contributed by atoms with Crippen LogP contribution < -0.4 is 15.7 Å². The normalized spacial score (nSPS) is 11.4. The number of hydrogen-bond acceptors (Lipinski definition) is 4. The molecular weight excluding hydrogens is 404 g/mol. The number of amides is 1. The Morgan fingerprint density at radius 3 is 2.72 bits per heavy atom. The van der Waals surface area contributed by atoms with Crippen molar-refractivity contribution < 1.29 is 13.9 Å². The van der Waals surface area contributed by atoms with Crippen molar-refractivity contribution in [2.24, 2.45) is 0 Å². The molecule has 0 aliphatic carbocycles. The van der Waals surface area contributed by atoms with E-state index in [1.807, 2.05) is 51.2 Å². The summed E-state index contributed by atoms with van der Waals surface area (Å²) in [6.07, 6.45) is 3.63. The zero-order chi connectivity index (χ0) is 22.7. The van der Waals surface area contributed by atoms with Gasteiger partial charge in [0.15, 0.2) is 0 Å². The van der Waals surface area contributed by atoms with Crippen LogP contribution in [-0.2, 0) is 17.6 Å². The number of para-hydroxylation sites is 1. The summed E-state index contributed by atoms with van der Waals surface area (Å²) in [6.45, 7) is 6.34. The van der Waals surface area contributed by atoms with Crippen molar-refractivity contribution in [1.82, 2.24) is 10.3 Å². The van der Waals surface area contributed by atoms with Crippen LogP contribution in [0.5, 0.6) is 5.75 Å². The van der Waals surface area contributed by atoms with E-state index in [4.69, 9.17) is 9.15 Å². The molecular formula is C26H28N2O4. The minimum atomic E-state index is -0.382. The van der Waals surface area contributed by atoms with Crippen molar-refractivity contribution >= 4 is 27.8 Å². The summed E-state index contributed by atoms with van der Waals surface area (Å²) in [4.78, 5) is 27.5. The molecule has 0 aliphatic rings. The zero-order valence-corrected chi connectivity index (χ0v) is 18.7. The summed E-state index contributed by atoms with van der Waals surface area (Å²) in [6, 6.07) is 13.4. The second-order valence-electron chi connectivity index (χ2n) is 8.33. The van der Waals surface area contributed by atoms with Gasteiger partial charge in [-0.2, -0.15) is 0 Å². The SMILES string of the molecule is Cc1cc(=O)oc2cc(OC(C)C)c(CCC(=O)NCCc3c[nH]c4ccccc34)cc12. The highest BCUT2D eigenvalue weighted by Gasteiger charge is 2.13. The Morgan fingerprint density at radius 2 is 1.91 bits per heavy atom. The van der Waals surface area contributed by atoms with Crippen molar-refractivity contribution in [2.75, 3.05) is 6.54 Å². The molecule has 0 unspecified atom stereocenters. The van der Waals surface area contributed by atoms with Crippen LogP contribution in [0.4, 0.5) is 0 Å². The fourth-order valence-electron chi connectivity index (χ4n) is 3.96. The van der Waals surface area contributed by atoms with Gasteiger partial charge in [0.05, 0.1) is 6.10 Å². The van der Waals surface area contributed by atoms with Crippen LogP contribution in [0.25, 0.3) is 21.9 Å². The maximum Gasteiger partial charge on any atom is 0.336 e. The Labute approximate surface area is 186 Å². The van der Waals surface area contributed by atoms with E-state index in [0.29, 0.717) is 30.7 Å². The number of carbonyl (C=O) groups excluding carboxylic acids is 1. The summed E-state index contributed by atoms with van der Waals surface area (Å²) in [5, 5.41) is 5.07. The summed E-state index contributed by atoms with van der Waals surface area (Å²) >= 11 is 0. The first-order valence-electron chi connectivity index (χ1n) is 11.0. The third-order valence-corrected chi connectivity index (χ3v) is 5.51. The lowest BCUT2D eigenvalue weighted by Crippen LogP contribution is -2.25. The highest BCUT2D eigenvalue weighted by Crippen LogP contribution is 2.29. The Balaban J connectivity index is 1.42. The number of aryl methyl sites for hydroxylation is 2. The highest BCUT2D eigenvalue weighted by atomic mass is 16.5. The van der Waals surface area contributed by atoms with Crippen molar-refractivity contribution in [3.63, 3.8) is 0 Å². The maximum atomic E-state index is 12.5. The number of aromatic amines is 1. The van der Waals surface area contributed by atoms with Gasteiger partial charge in [0.25, 0.3) is 0 Å². The van der Waals surface area contributed by atoms with E-state index in [1.54, 1.807) is 6.07 Å². The van der Waals surface area contributed by atoms with Crippen LogP contribution in [0.15, 0.2) is 57.9 Å². The third kappa shape index (κ3) is 4.85. The van der Waals surface area contributed by atoms with Crippen LogP contribution in [0.2, 0.25) is 0 Å². The van der Waals surface area contributed by atoms with E-state index < -0.39 is 0 Å². The minimum absolute atomic E-state index is 0.00301. The molecule has 6 nitrogen and oxygen atoms in total. The Kier molecular flexibility index (Phi) is 6.30. The lowest BCUT2D eigenvalue weighted by molar-refractivity contribution is -0.121. The van der Waals surface area contributed by atoms with Crippen LogP contribution in [-0.4, -0.2) is 23.5 Å². The van der Waals surface area contributed by atoms with Gasteiger partial charge in [-0.1, -0.05) is 18.2 Å². The Morgan fingerprint density at radius 1 is 1.09 bits per heavy atom. The summed E-state index contributed by atoms with van der Waals surface area (Å²) in [7, 11) is 0. The molecule has 32 heavy (non-hydrogen) atoms. The van der Waals surface area contributed by atoms with Gasteiger partial charge in [-0.15, -0.1) is 0 Å². The Bertz CT molecular complexity index is 1320. The second-order valence-corrected chi connectivity index (χ2v) is 8.33. The van der Waals surface area contributed by atoms with Gasteiger partial charge in [-0.25, -0.2) is 4.79 Å². The molecule has 0 spiro atoms. The number of nitrogens with one attached hydrogen (secondary N) is 2. The first-order valence-corrected chi connectivity index (χ1v) is 11.0. The van der Waals surface area contributed by atoms with Crippen molar-refractivity contribution in [1.29, 1.82) is 0 Å². The van der Waals surface area contributed by atoms with Crippen LogP contribution in [0.1, 0.15) is 37.0 Å². The van der Waals surface area contributed by atoms with E-state index in [-0.39, 0.29) is 17.6 Å². The van der Waals surface area contributed by atoms with Gasteiger partial charge in [-0.05, 0) is 62.4 Å². The van der Waals surface area contributed by atoms with Crippen LogP contribution in [0.3, 0.4) is 0 Å². The van der Waals surface area contributed by atoms with Crippen molar-refractivity contribution in [2.45, 2.75) is 46.1 Å². The maximum absolute atomic E-state index is 12.5. The molecule has 2 N–H and O–H groups in total. The molecule has 1 amide bonds. The third-order valence-electron chi connectivity index (χ3n) is 5.51. The van der Waals surface area contributed by atoms with E-state index in [9.17, 15) is 9.59 Å². The number of ether oxygens (including phenoxy) is 1. The minimum Gasteiger partial charge on any atom is -0.491 e. The molecule has 6 heteroatoms. The van der Waals surface area contributed by atoms with E-state index in [0.717, 1.165) is 28.5 Å². The van der Waals surface area contributed by atoms with Crippen molar-refractivity contribution in [3.8, 4) is 5.75 Å². The molecule has 0 fully saturated rings. The molecule has 0 saturated heterocycles. The van der Waals surface area contributed by atoms with Gasteiger partial charge in [-0.3, -0.25) is 4.79 Å². The average molecular weight is 433 g/mol. The predicted octanol–water partition coefficient (Wildman–Crippen LogP) is 4.66. The molecule has 2 heterocycles. The molecule has 2 aromatic carbocycles. The largest absolute Gasteiger partial charge is 0.491 e. The Hall–Kier alpha value is -3.54. The molecule has 166 valence electrons. The topological polar surface area (TPSA) is 84.3 Å². The molecule has 0 radical (unpaired) electrons. The molecule has 0 atom stereocenters. The van der Waals surface area contributed by atoms with Gasteiger partial charge in [0.1, 0.15) is 11.3 Å². The molecule has 0 saturated carbocycles.